The molecule has 2 aliphatic carbocycles. The molecule has 1 fully saturated rings. The van der Waals surface area contributed by atoms with Gasteiger partial charge in [0.15, 0.2) is 0 Å². The van der Waals surface area contributed by atoms with Crippen LogP contribution in [0.4, 0.5) is 4.79 Å². The van der Waals surface area contributed by atoms with Crippen LogP contribution in [0.5, 0.6) is 0 Å². The zero-order valence-corrected chi connectivity index (χ0v) is 32.2. The number of carbonyl (C=O) groups is 4. The lowest BCUT2D eigenvalue weighted by molar-refractivity contribution is -0.147. The molecule has 4 N–H and O–H groups in total. The fourth-order valence-electron chi connectivity index (χ4n) is 7.37. The van der Waals surface area contributed by atoms with E-state index >= 15 is 0 Å². The summed E-state index contributed by atoms with van der Waals surface area (Å²) in [6, 6.07) is 24.4. The maximum absolute atomic E-state index is 13.7. The van der Waals surface area contributed by atoms with Crippen LogP contribution in [-0.4, -0.2) is 72.2 Å². The first-order valence-corrected chi connectivity index (χ1v) is 20.2. The van der Waals surface area contributed by atoms with Crippen molar-refractivity contribution in [1.82, 2.24) is 16.0 Å². The largest absolute Gasteiger partial charge is 0.462 e. The van der Waals surface area contributed by atoms with Crippen molar-refractivity contribution in [3.63, 3.8) is 0 Å². The standard InChI is InChI=1S/C44H53N3O7S/c1-3-5-22-39(46-43(52)54-27-38-36-20-11-9-18-34(36)35-19-10-12-21-37(35)38)42(51)53-26-33(29-55-28-31-16-7-6-8-17-31)45-41(50)32(15-4-2)25-40(49)47-44(30-48)23-13-14-24-44/h3-4,6-12,16-21,32-33,38-39,48H,1-2,5,13-15,22-30H2,(H,45,50)(H,46,52)(H,47,49). The number of carbonyl (C=O) groups excluding carboxylic acids is 4. The molecule has 11 heteroatoms. The van der Waals surface area contributed by atoms with Gasteiger partial charge in [-0.2, -0.15) is 11.8 Å². The Hall–Kier alpha value is -4.87. The van der Waals surface area contributed by atoms with Gasteiger partial charge in [-0.05, 0) is 59.9 Å². The number of aliphatic hydroxyl groups excluding tert-OH is 1. The SMILES string of the molecule is C=CCCC(NC(=O)OCC1c2ccccc2-c2ccccc21)C(=O)OCC(CSCc1ccccc1)NC(=O)C(CC=C)CC(=O)NC1(CO)CCCC1. The predicted molar refractivity (Wildman–Crippen MR) is 216 cm³/mol. The number of benzene rings is 3. The number of hydrogen-bond donors (Lipinski definition) is 4. The van der Waals surface area contributed by atoms with Crippen molar-refractivity contribution in [3.05, 3.63) is 121 Å². The fourth-order valence-corrected chi connectivity index (χ4v) is 8.38. The third-order valence-electron chi connectivity index (χ3n) is 10.3. The molecule has 1 saturated carbocycles. The molecule has 292 valence electrons. The van der Waals surface area contributed by atoms with Crippen molar-refractivity contribution in [3.8, 4) is 11.1 Å². The van der Waals surface area contributed by atoms with E-state index in [1.54, 1.807) is 23.9 Å². The van der Waals surface area contributed by atoms with Gasteiger partial charge in [-0.15, -0.1) is 13.2 Å². The number of fused-ring (bicyclic) bond motifs is 3. The summed E-state index contributed by atoms with van der Waals surface area (Å²) in [4.78, 5) is 53.5. The molecule has 3 atom stereocenters. The zero-order valence-electron chi connectivity index (χ0n) is 31.4. The second-order valence-electron chi connectivity index (χ2n) is 14.3. The highest BCUT2D eigenvalue weighted by molar-refractivity contribution is 7.98. The summed E-state index contributed by atoms with van der Waals surface area (Å²) in [6.45, 7) is 7.36. The Bertz CT molecular complexity index is 1730. The lowest BCUT2D eigenvalue weighted by atomic mass is 9.95. The minimum atomic E-state index is -1.01. The van der Waals surface area contributed by atoms with E-state index in [1.807, 2.05) is 66.7 Å². The van der Waals surface area contributed by atoms with E-state index < -0.39 is 35.6 Å². The van der Waals surface area contributed by atoms with Crippen LogP contribution in [0.15, 0.2) is 104 Å². The number of ether oxygens (including phenoxy) is 2. The normalized spacial score (nSPS) is 15.7. The molecule has 0 aromatic heterocycles. The van der Waals surface area contributed by atoms with Crippen LogP contribution in [-0.2, 0) is 29.6 Å². The summed E-state index contributed by atoms with van der Waals surface area (Å²) in [6.07, 6.45) is 6.66. The monoisotopic (exact) mass is 767 g/mol. The molecule has 2 aliphatic rings. The third-order valence-corrected chi connectivity index (χ3v) is 11.5. The molecule has 10 nitrogen and oxygen atoms in total. The van der Waals surface area contributed by atoms with Crippen molar-refractivity contribution >= 4 is 35.6 Å². The molecule has 5 rings (SSSR count). The quantitative estimate of drug-likeness (QED) is 0.0683. The molecule has 3 aromatic carbocycles. The van der Waals surface area contributed by atoms with E-state index in [4.69, 9.17) is 9.47 Å². The molecule has 0 bridgehead atoms. The molecule has 3 unspecified atom stereocenters. The molecule has 0 saturated heterocycles. The van der Waals surface area contributed by atoms with Gasteiger partial charge in [0.2, 0.25) is 11.8 Å². The number of hydrogen-bond acceptors (Lipinski definition) is 8. The first kappa shape index (κ1) is 41.3. The summed E-state index contributed by atoms with van der Waals surface area (Å²) >= 11 is 1.58. The molecule has 3 aromatic rings. The van der Waals surface area contributed by atoms with Crippen LogP contribution < -0.4 is 16.0 Å². The van der Waals surface area contributed by atoms with Crippen LogP contribution in [0.2, 0.25) is 0 Å². The topological polar surface area (TPSA) is 143 Å². The van der Waals surface area contributed by atoms with Gasteiger partial charge in [0.25, 0.3) is 0 Å². The average Bonchev–Trinajstić information content (AvgIpc) is 3.80. The number of esters is 1. The predicted octanol–water partition coefficient (Wildman–Crippen LogP) is 6.83. The Morgan fingerprint density at radius 3 is 2.16 bits per heavy atom. The first-order valence-electron chi connectivity index (χ1n) is 19.1. The highest BCUT2D eigenvalue weighted by Crippen LogP contribution is 2.44. The Labute approximate surface area is 328 Å². The van der Waals surface area contributed by atoms with E-state index in [-0.39, 0.29) is 56.8 Å². The van der Waals surface area contributed by atoms with Gasteiger partial charge >= 0.3 is 12.1 Å². The van der Waals surface area contributed by atoms with Gasteiger partial charge in [0, 0.05) is 23.8 Å². The van der Waals surface area contributed by atoms with E-state index in [9.17, 15) is 24.3 Å². The first-order chi connectivity index (χ1) is 26.8. The molecule has 3 amide bonds. The molecule has 0 spiro atoms. The molecular formula is C44H53N3O7S. The highest BCUT2D eigenvalue weighted by atomic mass is 32.2. The van der Waals surface area contributed by atoms with Gasteiger partial charge in [0.1, 0.15) is 19.3 Å². The maximum atomic E-state index is 13.7. The summed E-state index contributed by atoms with van der Waals surface area (Å²) in [5.41, 5.74) is 4.85. The molecular weight excluding hydrogens is 715 g/mol. The summed E-state index contributed by atoms with van der Waals surface area (Å²) < 4.78 is 11.5. The Morgan fingerprint density at radius 2 is 1.53 bits per heavy atom. The minimum absolute atomic E-state index is 0.0725. The lowest BCUT2D eigenvalue weighted by Crippen LogP contribution is -2.51. The maximum Gasteiger partial charge on any atom is 0.407 e. The number of allylic oxidation sites excluding steroid dienone is 2. The molecule has 0 aliphatic heterocycles. The number of nitrogens with one attached hydrogen (secondary N) is 3. The van der Waals surface area contributed by atoms with Crippen molar-refractivity contribution in [1.29, 1.82) is 0 Å². The van der Waals surface area contributed by atoms with E-state index in [2.05, 4.69) is 41.2 Å². The van der Waals surface area contributed by atoms with E-state index in [0.717, 1.165) is 40.7 Å². The van der Waals surface area contributed by atoms with Crippen LogP contribution in [0, 0.1) is 5.92 Å². The van der Waals surface area contributed by atoms with Gasteiger partial charge in [-0.1, -0.05) is 104 Å². The average molecular weight is 768 g/mol. The van der Waals surface area contributed by atoms with Crippen LogP contribution in [0.1, 0.15) is 74.0 Å². The Balaban J connectivity index is 1.20. The highest BCUT2D eigenvalue weighted by Gasteiger charge is 2.36. The minimum Gasteiger partial charge on any atom is -0.462 e. The summed E-state index contributed by atoms with van der Waals surface area (Å²) in [7, 11) is 0. The molecule has 0 radical (unpaired) electrons. The second-order valence-corrected chi connectivity index (χ2v) is 15.4. The van der Waals surface area contributed by atoms with Crippen molar-refractivity contribution < 1.29 is 33.8 Å². The zero-order chi connectivity index (χ0) is 39.0. The number of aliphatic hydroxyl groups is 1. The number of rotatable bonds is 21. The smallest absolute Gasteiger partial charge is 0.407 e. The Morgan fingerprint density at radius 1 is 0.873 bits per heavy atom. The van der Waals surface area contributed by atoms with Crippen molar-refractivity contribution in [2.24, 2.45) is 5.92 Å². The lowest BCUT2D eigenvalue weighted by Gasteiger charge is -2.29. The fraction of sp³-hybridized carbons (Fsp3) is 0.409. The summed E-state index contributed by atoms with van der Waals surface area (Å²) in [5, 5.41) is 18.7. The summed E-state index contributed by atoms with van der Waals surface area (Å²) in [5.74, 6) is -1.06. The van der Waals surface area contributed by atoms with Crippen LogP contribution in [0.25, 0.3) is 11.1 Å². The van der Waals surface area contributed by atoms with E-state index in [1.165, 1.54) is 0 Å². The van der Waals surface area contributed by atoms with Gasteiger partial charge in [0.05, 0.1) is 24.1 Å². The Kier molecular flexibility index (Phi) is 15.6. The second kappa shape index (κ2) is 20.7. The van der Waals surface area contributed by atoms with Crippen LogP contribution in [0.3, 0.4) is 0 Å². The van der Waals surface area contributed by atoms with E-state index in [0.29, 0.717) is 30.8 Å². The van der Waals surface area contributed by atoms with Crippen molar-refractivity contribution in [2.75, 3.05) is 25.6 Å². The van der Waals surface area contributed by atoms with Crippen LogP contribution >= 0.6 is 11.8 Å². The van der Waals surface area contributed by atoms with Gasteiger partial charge < -0.3 is 30.5 Å². The number of thioether (sulfide) groups is 1. The molecule has 55 heavy (non-hydrogen) atoms. The van der Waals surface area contributed by atoms with Gasteiger partial charge in [-0.25, -0.2) is 9.59 Å². The molecule has 0 heterocycles. The van der Waals surface area contributed by atoms with Gasteiger partial charge in [-0.3, -0.25) is 9.59 Å². The number of amides is 3. The van der Waals surface area contributed by atoms with Crippen molar-refractivity contribution in [2.45, 2.75) is 80.7 Å². The third kappa shape index (κ3) is 11.6. The number of alkyl carbamates (subject to hydrolysis) is 1.